The van der Waals surface area contributed by atoms with Gasteiger partial charge < -0.3 is 10.1 Å². The fourth-order valence-corrected chi connectivity index (χ4v) is 1.74. The second kappa shape index (κ2) is 7.46. The van der Waals surface area contributed by atoms with E-state index in [1.165, 1.54) is 19.3 Å². The van der Waals surface area contributed by atoms with E-state index in [4.69, 9.17) is 4.74 Å². The number of allylic oxidation sites excluding steroid dienone is 1. The summed E-state index contributed by atoms with van der Waals surface area (Å²) in [6.45, 7) is 3.22. The molecule has 0 fully saturated rings. The van der Waals surface area contributed by atoms with Gasteiger partial charge in [-0.2, -0.15) is 0 Å². The number of ether oxygens (including phenoxy) is 1. The second-order valence-electron chi connectivity index (χ2n) is 3.83. The van der Waals surface area contributed by atoms with Crippen LogP contribution < -0.4 is 5.32 Å². The molecule has 1 aliphatic carbocycles. The number of nitrogens with one attached hydrogen (secondary N) is 1. The smallest absolute Gasteiger partial charge is 0.305 e. The molecule has 0 saturated carbocycles. The van der Waals surface area contributed by atoms with E-state index in [2.05, 4.69) is 17.5 Å². The van der Waals surface area contributed by atoms with Crippen LogP contribution in [0, 0.1) is 0 Å². The van der Waals surface area contributed by atoms with Crippen LogP contribution in [-0.4, -0.2) is 25.2 Å². The molecular formula is C12H21NO2. The van der Waals surface area contributed by atoms with Gasteiger partial charge in [-0.3, -0.25) is 4.79 Å². The van der Waals surface area contributed by atoms with Crippen LogP contribution in [0.5, 0.6) is 0 Å². The summed E-state index contributed by atoms with van der Waals surface area (Å²) in [6.07, 6.45) is 9.55. The number of rotatable bonds is 6. The van der Waals surface area contributed by atoms with Crippen LogP contribution in [0.1, 0.15) is 39.0 Å². The van der Waals surface area contributed by atoms with Gasteiger partial charge in [-0.1, -0.05) is 12.2 Å². The summed E-state index contributed by atoms with van der Waals surface area (Å²) in [5.74, 6) is -0.0847. The number of carbonyl (C=O) groups excluding carboxylic acids is 1. The Morgan fingerprint density at radius 1 is 1.60 bits per heavy atom. The maximum absolute atomic E-state index is 11.0. The average molecular weight is 211 g/mol. The summed E-state index contributed by atoms with van der Waals surface area (Å²) in [7, 11) is 0. The molecule has 0 aliphatic heterocycles. The highest BCUT2D eigenvalue weighted by Gasteiger charge is 2.07. The molecule has 1 atom stereocenters. The van der Waals surface area contributed by atoms with Crippen molar-refractivity contribution >= 4 is 5.97 Å². The van der Waals surface area contributed by atoms with Crippen molar-refractivity contribution in [2.45, 2.75) is 45.1 Å². The average Bonchev–Trinajstić information content (AvgIpc) is 2.26. The third kappa shape index (κ3) is 5.57. The predicted octanol–water partition coefficient (Wildman–Crippen LogP) is 2.03. The van der Waals surface area contributed by atoms with Crippen molar-refractivity contribution in [1.29, 1.82) is 0 Å². The Morgan fingerprint density at radius 3 is 3.13 bits per heavy atom. The van der Waals surface area contributed by atoms with Gasteiger partial charge in [0, 0.05) is 12.5 Å². The van der Waals surface area contributed by atoms with Crippen molar-refractivity contribution in [2.24, 2.45) is 0 Å². The Morgan fingerprint density at radius 2 is 2.47 bits per heavy atom. The quantitative estimate of drug-likeness (QED) is 0.415. The second-order valence-corrected chi connectivity index (χ2v) is 3.83. The van der Waals surface area contributed by atoms with Crippen LogP contribution in [0.3, 0.4) is 0 Å². The molecule has 0 bridgehead atoms. The molecule has 0 aromatic carbocycles. The summed E-state index contributed by atoms with van der Waals surface area (Å²) >= 11 is 0. The molecule has 0 aromatic rings. The predicted molar refractivity (Wildman–Crippen MR) is 60.6 cm³/mol. The zero-order chi connectivity index (χ0) is 10.9. The van der Waals surface area contributed by atoms with Crippen LogP contribution in [0.25, 0.3) is 0 Å². The first kappa shape index (κ1) is 12.2. The Hall–Kier alpha value is -0.830. The molecule has 1 aliphatic rings. The van der Waals surface area contributed by atoms with Crippen LogP contribution >= 0.6 is 0 Å². The van der Waals surface area contributed by atoms with Gasteiger partial charge in [0.15, 0.2) is 0 Å². The van der Waals surface area contributed by atoms with Gasteiger partial charge >= 0.3 is 5.97 Å². The minimum absolute atomic E-state index is 0.0847. The summed E-state index contributed by atoms with van der Waals surface area (Å²) in [5, 5.41) is 3.42. The van der Waals surface area contributed by atoms with Gasteiger partial charge in [-0.15, -0.1) is 0 Å². The fourth-order valence-electron chi connectivity index (χ4n) is 1.74. The molecule has 0 heterocycles. The molecule has 0 spiro atoms. The molecule has 1 rings (SSSR count). The first-order valence-corrected chi connectivity index (χ1v) is 5.88. The highest BCUT2D eigenvalue weighted by Crippen LogP contribution is 2.09. The largest absolute Gasteiger partial charge is 0.466 e. The standard InChI is InChI=1S/C12H21NO2/c1-2-15-12(14)9-6-10-13-11-7-4-3-5-8-11/h4,7,11,13H,2-3,5-6,8-10H2,1H3. The van der Waals surface area contributed by atoms with Gasteiger partial charge in [0.1, 0.15) is 0 Å². The monoisotopic (exact) mass is 211 g/mol. The van der Waals surface area contributed by atoms with Crippen molar-refractivity contribution in [3.05, 3.63) is 12.2 Å². The summed E-state index contributed by atoms with van der Waals surface area (Å²) < 4.78 is 4.85. The minimum Gasteiger partial charge on any atom is -0.466 e. The van der Waals surface area contributed by atoms with E-state index >= 15 is 0 Å². The van der Waals surface area contributed by atoms with E-state index < -0.39 is 0 Å². The maximum Gasteiger partial charge on any atom is 0.305 e. The topological polar surface area (TPSA) is 38.3 Å². The Kier molecular flexibility index (Phi) is 6.09. The third-order valence-electron chi connectivity index (χ3n) is 2.52. The fraction of sp³-hybridized carbons (Fsp3) is 0.750. The van der Waals surface area contributed by atoms with Gasteiger partial charge in [0.2, 0.25) is 0 Å². The third-order valence-corrected chi connectivity index (χ3v) is 2.52. The van der Waals surface area contributed by atoms with Gasteiger partial charge in [-0.25, -0.2) is 0 Å². The van der Waals surface area contributed by atoms with E-state index in [-0.39, 0.29) is 5.97 Å². The number of hydrogen-bond donors (Lipinski definition) is 1. The van der Waals surface area contributed by atoms with Crippen LogP contribution in [0.4, 0.5) is 0 Å². The SMILES string of the molecule is CCOC(=O)CCCNC1C=CCCC1. The molecule has 1 N–H and O–H groups in total. The Balaban J connectivity index is 1.98. The molecule has 0 saturated heterocycles. The first-order chi connectivity index (χ1) is 7.33. The highest BCUT2D eigenvalue weighted by molar-refractivity contribution is 5.69. The number of hydrogen-bond acceptors (Lipinski definition) is 3. The summed E-state index contributed by atoms with van der Waals surface area (Å²) in [5.41, 5.74) is 0. The van der Waals surface area contributed by atoms with Crippen molar-refractivity contribution in [3.8, 4) is 0 Å². The van der Waals surface area contributed by atoms with Gasteiger partial charge in [0.25, 0.3) is 0 Å². The summed E-state index contributed by atoms with van der Waals surface area (Å²) in [6, 6.07) is 0.515. The minimum atomic E-state index is -0.0847. The van der Waals surface area contributed by atoms with Crippen LogP contribution in [-0.2, 0) is 9.53 Å². The lowest BCUT2D eigenvalue weighted by atomic mass is 10.0. The lowest BCUT2D eigenvalue weighted by Crippen LogP contribution is -2.29. The van der Waals surface area contributed by atoms with Crippen LogP contribution in [0.2, 0.25) is 0 Å². The lowest BCUT2D eigenvalue weighted by Gasteiger charge is -2.17. The van der Waals surface area contributed by atoms with Gasteiger partial charge in [0.05, 0.1) is 6.61 Å². The zero-order valence-corrected chi connectivity index (χ0v) is 9.50. The summed E-state index contributed by atoms with van der Waals surface area (Å²) in [4.78, 5) is 11.0. The maximum atomic E-state index is 11.0. The molecule has 1 unspecified atom stereocenters. The van der Waals surface area contributed by atoms with Gasteiger partial charge in [-0.05, 0) is 39.2 Å². The lowest BCUT2D eigenvalue weighted by molar-refractivity contribution is -0.143. The molecular weight excluding hydrogens is 190 g/mol. The highest BCUT2D eigenvalue weighted by atomic mass is 16.5. The molecule has 86 valence electrons. The van der Waals surface area contributed by atoms with E-state index in [9.17, 15) is 4.79 Å². The first-order valence-electron chi connectivity index (χ1n) is 5.88. The van der Waals surface area contributed by atoms with E-state index in [1.807, 2.05) is 6.92 Å². The molecule has 3 heteroatoms. The molecule has 0 radical (unpaired) electrons. The van der Waals surface area contributed by atoms with Crippen LogP contribution in [0.15, 0.2) is 12.2 Å². The zero-order valence-electron chi connectivity index (χ0n) is 9.50. The van der Waals surface area contributed by atoms with Crippen molar-refractivity contribution in [3.63, 3.8) is 0 Å². The van der Waals surface area contributed by atoms with Crippen molar-refractivity contribution < 1.29 is 9.53 Å². The Bertz CT molecular complexity index is 214. The van der Waals surface area contributed by atoms with E-state index in [1.54, 1.807) is 0 Å². The Labute approximate surface area is 91.9 Å². The van der Waals surface area contributed by atoms with Crippen molar-refractivity contribution in [1.82, 2.24) is 5.32 Å². The van der Waals surface area contributed by atoms with E-state index in [0.717, 1.165) is 13.0 Å². The molecule has 15 heavy (non-hydrogen) atoms. The molecule has 0 amide bonds. The molecule has 0 aromatic heterocycles. The number of carbonyl (C=O) groups is 1. The number of esters is 1. The normalized spacial score (nSPS) is 20.2. The molecule has 3 nitrogen and oxygen atoms in total. The van der Waals surface area contributed by atoms with Crippen molar-refractivity contribution in [2.75, 3.05) is 13.2 Å². The van der Waals surface area contributed by atoms with E-state index in [0.29, 0.717) is 19.1 Å².